The average Bonchev–Trinajstić information content (AvgIpc) is 2.62. The van der Waals surface area contributed by atoms with Gasteiger partial charge in [0.2, 0.25) is 5.91 Å². The smallest absolute Gasteiger partial charge is 0.248 e. The van der Waals surface area contributed by atoms with Crippen molar-refractivity contribution in [2.24, 2.45) is 0 Å². The van der Waals surface area contributed by atoms with Crippen LogP contribution in [0.2, 0.25) is 5.02 Å². The fraction of sp³-hybridized carbons (Fsp3) is 0.286. The number of carbonyl (C=O) groups excluding carboxylic acids is 1. The highest BCUT2D eigenvalue weighted by Gasteiger charge is 2.06. The van der Waals surface area contributed by atoms with Crippen molar-refractivity contribution in [1.29, 1.82) is 0 Å². The van der Waals surface area contributed by atoms with Gasteiger partial charge in [-0.05, 0) is 55.3 Å². The first-order chi connectivity index (χ1) is 12.6. The van der Waals surface area contributed by atoms with E-state index in [2.05, 4.69) is 12.2 Å². The van der Waals surface area contributed by atoms with Crippen molar-refractivity contribution >= 4 is 29.3 Å². The van der Waals surface area contributed by atoms with Gasteiger partial charge in [0.05, 0.1) is 13.2 Å². The Hall–Kier alpha value is -2.46. The van der Waals surface area contributed by atoms with Gasteiger partial charge in [-0.25, -0.2) is 0 Å². The number of benzene rings is 2. The molecule has 0 unspecified atom stereocenters. The summed E-state index contributed by atoms with van der Waals surface area (Å²) in [4.78, 5) is 12.1. The third-order valence-corrected chi connectivity index (χ3v) is 3.78. The predicted octanol–water partition coefficient (Wildman–Crippen LogP) is 5.57. The fourth-order valence-electron chi connectivity index (χ4n) is 2.26. The average molecular weight is 374 g/mol. The Morgan fingerprint density at radius 1 is 1.12 bits per heavy atom. The highest BCUT2D eigenvalue weighted by Crippen LogP contribution is 2.29. The summed E-state index contributed by atoms with van der Waals surface area (Å²) in [6.45, 7) is 5.26. The molecule has 138 valence electrons. The first kappa shape index (κ1) is 19.9. The molecule has 1 N–H and O–H groups in total. The highest BCUT2D eigenvalue weighted by molar-refractivity contribution is 6.30. The second kappa shape index (κ2) is 10.5. The number of carbonyl (C=O) groups is 1. The summed E-state index contributed by atoms with van der Waals surface area (Å²) >= 11 is 5.91. The van der Waals surface area contributed by atoms with Crippen molar-refractivity contribution in [3.63, 3.8) is 0 Å². The number of nitrogens with one attached hydrogen (secondary N) is 1. The van der Waals surface area contributed by atoms with Gasteiger partial charge in [0.15, 0.2) is 11.5 Å². The molecule has 0 atom stereocenters. The Balaban J connectivity index is 2.04. The van der Waals surface area contributed by atoms with Crippen molar-refractivity contribution < 1.29 is 14.3 Å². The zero-order chi connectivity index (χ0) is 18.8. The Bertz CT molecular complexity index is 759. The van der Waals surface area contributed by atoms with Crippen LogP contribution in [0, 0.1) is 0 Å². The molecule has 0 spiro atoms. The normalized spacial score (nSPS) is 10.7. The molecular weight excluding hydrogens is 350 g/mol. The Morgan fingerprint density at radius 2 is 1.96 bits per heavy atom. The van der Waals surface area contributed by atoms with E-state index < -0.39 is 0 Å². The first-order valence-corrected chi connectivity index (χ1v) is 9.14. The quantitative estimate of drug-likeness (QED) is 0.461. The van der Waals surface area contributed by atoms with Gasteiger partial charge >= 0.3 is 0 Å². The molecule has 0 aliphatic carbocycles. The minimum atomic E-state index is -0.228. The molecule has 2 aromatic rings. The molecule has 0 aromatic heterocycles. The van der Waals surface area contributed by atoms with E-state index in [1.807, 2.05) is 25.1 Å². The zero-order valence-electron chi connectivity index (χ0n) is 15.1. The van der Waals surface area contributed by atoms with E-state index in [0.29, 0.717) is 29.7 Å². The summed E-state index contributed by atoms with van der Waals surface area (Å²) in [5.41, 5.74) is 1.51. The second-order valence-electron chi connectivity index (χ2n) is 5.67. The lowest BCUT2D eigenvalue weighted by atomic mass is 10.2. The van der Waals surface area contributed by atoms with Gasteiger partial charge in [-0.1, -0.05) is 37.1 Å². The van der Waals surface area contributed by atoms with Crippen molar-refractivity contribution in [3.8, 4) is 11.5 Å². The van der Waals surface area contributed by atoms with Crippen LogP contribution >= 0.6 is 11.6 Å². The lowest BCUT2D eigenvalue weighted by Crippen LogP contribution is -2.07. The van der Waals surface area contributed by atoms with E-state index in [1.54, 1.807) is 30.3 Å². The van der Waals surface area contributed by atoms with Crippen LogP contribution in [0.5, 0.6) is 11.5 Å². The van der Waals surface area contributed by atoms with Crippen LogP contribution < -0.4 is 14.8 Å². The molecule has 0 heterocycles. The summed E-state index contributed by atoms with van der Waals surface area (Å²) in [6.07, 6.45) is 5.28. The van der Waals surface area contributed by atoms with Gasteiger partial charge in [0, 0.05) is 16.8 Å². The molecule has 0 bridgehead atoms. The standard InChI is InChI=1S/C21H24ClNO3/c1-3-5-13-26-19-11-9-16(14-20(19)25-4-2)10-12-21(24)23-18-8-6-7-17(22)15-18/h6-12,14-15H,3-5,13H2,1-2H3,(H,23,24)/b12-10+. The lowest BCUT2D eigenvalue weighted by Gasteiger charge is -2.12. The lowest BCUT2D eigenvalue weighted by molar-refractivity contribution is -0.111. The van der Waals surface area contributed by atoms with Crippen molar-refractivity contribution in [3.05, 3.63) is 59.1 Å². The van der Waals surface area contributed by atoms with Crippen LogP contribution in [0.25, 0.3) is 6.08 Å². The molecule has 0 aliphatic heterocycles. The molecule has 0 saturated heterocycles. The van der Waals surface area contributed by atoms with Gasteiger partial charge in [-0.15, -0.1) is 0 Å². The predicted molar refractivity (Wildman–Crippen MR) is 107 cm³/mol. The minimum Gasteiger partial charge on any atom is -0.490 e. The SMILES string of the molecule is CCCCOc1ccc(/C=C/C(=O)Nc2cccc(Cl)c2)cc1OCC. The van der Waals surface area contributed by atoms with Crippen molar-refractivity contribution in [2.45, 2.75) is 26.7 Å². The van der Waals surface area contributed by atoms with Crippen LogP contribution in [0.3, 0.4) is 0 Å². The molecule has 1 amide bonds. The Morgan fingerprint density at radius 3 is 2.69 bits per heavy atom. The summed E-state index contributed by atoms with van der Waals surface area (Å²) < 4.78 is 11.4. The zero-order valence-corrected chi connectivity index (χ0v) is 15.9. The number of halogens is 1. The maximum Gasteiger partial charge on any atom is 0.248 e. The molecule has 0 saturated carbocycles. The molecule has 2 rings (SSSR count). The molecule has 0 fully saturated rings. The second-order valence-corrected chi connectivity index (χ2v) is 6.11. The van der Waals surface area contributed by atoms with Crippen molar-refractivity contribution in [2.75, 3.05) is 18.5 Å². The number of hydrogen-bond donors (Lipinski definition) is 1. The van der Waals surface area contributed by atoms with E-state index in [9.17, 15) is 4.79 Å². The number of rotatable bonds is 9. The number of unbranched alkanes of at least 4 members (excludes halogenated alkanes) is 1. The number of anilines is 1. The summed E-state index contributed by atoms with van der Waals surface area (Å²) in [5.74, 6) is 1.18. The minimum absolute atomic E-state index is 0.228. The molecule has 26 heavy (non-hydrogen) atoms. The van der Waals surface area contributed by atoms with Gasteiger partial charge in [0.25, 0.3) is 0 Å². The summed E-state index contributed by atoms with van der Waals surface area (Å²) in [6, 6.07) is 12.7. The summed E-state index contributed by atoms with van der Waals surface area (Å²) in [7, 11) is 0. The maximum atomic E-state index is 12.1. The number of ether oxygens (including phenoxy) is 2. The third-order valence-electron chi connectivity index (χ3n) is 3.54. The van der Waals surface area contributed by atoms with E-state index in [-0.39, 0.29) is 5.91 Å². The highest BCUT2D eigenvalue weighted by atomic mass is 35.5. The number of hydrogen-bond acceptors (Lipinski definition) is 3. The van der Waals surface area contributed by atoms with E-state index >= 15 is 0 Å². The fourth-order valence-corrected chi connectivity index (χ4v) is 2.45. The molecule has 0 aliphatic rings. The van der Waals surface area contributed by atoms with E-state index in [4.69, 9.17) is 21.1 Å². The molecule has 2 aromatic carbocycles. The van der Waals surface area contributed by atoms with Gasteiger partial charge in [-0.3, -0.25) is 4.79 Å². The van der Waals surface area contributed by atoms with Crippen LogP contribution in [0.1, 0.15) is 32.3 Å². The van der Waals surface area contributed by atoms with Gasteiger partial charge < -0.3 is 14.8 Å². The van der Waals surface area contributed by atoms with Crippen LogP contribution in [-0.4, -0.2) is 19.1 Å². The van der Waals surface area contributed by atoms with Gasteiger partial charge in [-0.2, -0.15) is 0 Å². The van der Waals surface area contributed by atoms with E-state index in [0.717, 1.165) is 24.2 Å². The van der Waals surface area contributed by atoms with Crippen LogP contribution in [0.4, 0.5) is 5.69 Å². The topological polar surface area (TPSA) is 47.6 Å². The largest absolute Gasteiger partial charge is 0.490 e. The van der Waals surface area contributed by atoms with Crippen LogP contribution in [0.15, 0.2) is 48.5 Å². The maximum absolute atomic E-state index is 12.1. The number of amides is 1. The van der Waals surface area contributed by atoms with Gasteiger partial charge in [0.1, 0.15) is 0 Å². The van der Waals surface area contributed by atoms with Crippen LogP contribution in [-0.2, 0) is 4.79 Å². The third kappa shape index (κ3) is 6.45. The molecule has 5 heteroatoms. The monoisotopic (exact) mass is 373 g/mol. The first-order valence-electron chi connectivity index (χ1n) is 8.76. The molecular formula is C21H24ClNO3. The van der Waals surface area contributed by atoms with E-state index in [1.165, 1.54) is 6.08 Å². The van der Waals surface area contributed by atoms with Crippen molar-refractivity contribution in [1.82, 2.24) is 0 Å². The Labute approximate surface area is 159 Å². The summed E-state index contributed by atoms with van der Waals surface area (Å²) in [5, 5.41) is 3.35. The molecule has 4 nitrogen and oxygen atoms in total. The Kier molecular flexibility index (Phi) is 8.03. The molecule has 0 radical (unpaired) electrons.